The molecule has 3 rings (SSSR count). The van der Waals surface area contributed by atoms with E-state index in [9.17, 15) is 0 Å². The average molecular weight is 395 g/mol. The fourth-order valence-corrected chi connectivity index (χ4v) is 4.09. The van der Waals surface area contributed by atoms with Crippen molar-refractivity contribution in [2.45, 2.75) is 18.3 Å². The van der Waals surface area contributed by atoms with Crippen LogP contribution < -0.4 is 5.32 Å². The summed E-state index contributed by atoms with van der Waals surface area (Å²) in [6.07, 6.45) is 1.18. The van der Waals surface area contributed by atoms with E-state index in [1.165, 1.54) is 26.5 Å². The van der Waals surface area contributed by atoms with E-state index in [1.807, 2.05) is 0 Å². The molecule has 0 aromatic heterocycles. The van der Waals surface area contributed by atoms with Crippen LogP contribution in [0.3, 0.4) is 0 Å². The Balaban J connectivity index is 1.98. The zero-order valence-electron chi connectivity index (χ0n) is 11.2. The van der Waals surface area contributed by atoms with Crippen molar-refractivity contribution in [2.24, 2.45) is 0 Å². The van der Waals surface area contributed by atoms with Crippen molar-refractivity contribution < 1.29 is 0 Å². The van der Waals surface area contributed by atoms with Gasteiger partial charge in [0.1, 0.15) is 0 Å². The lowest BCUT2D eigenvalue weighted by molar-refractivity contribution is 0.403. The van der Waals surface area contributed by atoms with Crippen molar-refractivity contribution in [1.29, 1.82) is 0 Å². The smallest absolute Gasteiger partial charge is 0.0210 e. The fraction of sp³-hybridized carbons (Fsp3) is 0.294. The predicted molar refractivity (Wildman–Crippen MR) is 91.3 cm³/mol. The van der Waals surface area contributed by atoms with Gasteiger partial charge in [-0.2, -0.15) is 0 Å². The van der Waals surface area contributed by atoms with E-state index in [0.717, 1.165) is 13.1 Å². The van der Waals surface area contributed by atoms with Crippen LogP contribution in [0.5, 0.6) is 0 Å². The van der Waals surface area contributed by atoms with Crippen LogP contribution in [0.1, 0.15) is 29.4 Å². The van der Waals surface area contributed by atoms with Crippen LogP contribution in [0, 0.1) is 0 Å². The van der Waals surface area contributed by atoms with Gasteiger partial charge < -0.3 is 5.32 Å². The van der Waals surface area contributed by atoms with Gasteiger partial charge in [-0.15, -0.1) is 0 Å². The summed E-state index contributed by atoms with van der Waals surface area (Å²) >= 11 is 7.30. The van der Waals surface area contributed by atoms with Crippen molar-refractivity contribution in [2.75, 3.05) is 13.1 Å². The van der Waals surface area contributed by atoms with Gasteiger partial charge in [-0.25, -0.2) is 0 Å². The standard InChI is InChI=1S/C17H17Br2N/c18-13-5-3-4-12(10-13)14-8-9-20-11-16(14)15-6-1-2-7-17(15)19/h1-7,10,14,16,20H,8-9,11H2. The lowest BCUT2D eigenvalue weighted by atomic mass is 9.77. The molecule has 2 unspecified atom stereocenters. The minimum Gasteiger partial charge on any atom is -0.316 e. The maximum Gasteiger partial charge on any atom is 0.0210 e. The number of hydrogen-bond acceptors (Lipinski definition) is 1. The van der Waals surface area contributed by atoms with Crippen molar-refractivity contribution in [3.05, 3.63) is 68.6 Å². The van der Waals surface area contributed by atoms with Crippen LogP contribution in [0.25, 0.3) is 0 Å². The van der Waals surface area contributed by atoms with Crippen molar-refractivity contribution in [1.82, 2.24) is 5.32 Å². The van der Waals surface area contributed by atoms with Gasteiger partial charge in [0.05, 0.1) is 0 Å². The molecule has 2 aromatic rings. The minimum atomic E-state index is 0.522. The molecule has 1 heterocycles. The zero-order valence-corrected chi connectivity index (χ0v) is 14.3. The second kappa shape index (κ2) is 6.42. The third-order valence-corrected chi connectivity index (χ3v) is 5.28. The van der Waals surface area contributed by atoms with Crippen molar-refractivity contribution in [3.63, 3.8) is 0 Å². The SMILES string of the molecule is Brc1cccc(C2CCNCC2c2ccccc2Br)c1. The molecule has 1 nitrogen and oxygen atoms in total. The van der Waals surface area contributed by atoms with Gasteiger partial charge in [0.15, 0.2) is 0 Å². The zero-order chi connectivity index (χ0) is 13.9. The first-order valence-electron chi connectivity index (χ1n) is 6.96. The number of piperidine rings is 1. The molecule has 0 saturated carbocycles. The van der Waals surface area contributed by atoms with Crippen molar-refractivity contribution >= 4 is 31.9 Å². The Labute approximate surface area is 137 Å². The Morgan fingerprint density at radius 3 is 2.60 bits per heavy atom. The van der Waals surface area contributed by atoms with E-state index < -0.39 is 0 Å². The topological polar surface area (TPSA) is 12.0 Å². The van der Waals surface area contributed by atoms with Crippen LogP contribution in [-0.4, -0.2) is 13.1 Å². The molecule has 0 spiro atoms. The van der Waals surface area contributed by atoms with Crippen LogP contribution >= 0.6 is 31.9 Å². The maximum absolute atomic E-state index is 3.71. The number of halogens is 2. The Kier molecular flexibility index (Phi) is 4.59. The fourth-order valence-electron chi connectivity index (χ4n) is 3.10. The molecular formula is C17H17Br2N. The summed E-state index contributed by atoms with van der Waals surface area (Å²) in [6.45, 7) is 2.14. The predicted octanol–water partition coefficient (Wildman–Crippen LogP) is 5.07. The van der Waals surface area contributed by atoms with E-state index in [-0.39, 0.29) is 0 Å². The first-order valence-corrected chi connectivity index (χ1v) is 8.55. The van der Waals surface area contributed by atoms with Gasteiger partial charge in [-0.05, 0) is 48.2 Å². The minimum absolute atomic E-state index is 0.522. The number of benzene rings is 2. The van der Waals surface area contributed by atoms with Crippen LogP contribution in [0.2, 0.25) is 0 Å². The first-order chi connectivity index (χ1) is 9.75. The molecule has 20 heavy (non-hydrogen) atoms. The summed E-state index contributed by atoms with van der Waals surface area (Å²) in [5.74, 6) is 1.10. The molecule has 2 atom stereocenters. The molecular weight excluding hydrogens is 378 g/mol. The molecule has 0 amide bonds. The van der Waals surface area contributed by atoms with Gasteiger partial charge >= 0.3 is 0 Å². The monoisotopic (exact) mass is 393 g/mol. The second-order valence-electron chi connectivity index (χ2n) is 5.28. The molecule has 2 aromatic carbocycles. The highest BCUT2D eigenvalue weighted by Crippen LogP contribution is 2.40. The van der Waals surface area contributed by atoms with Crippen LogP contribution in [-0.2, 0) is 0 Å². The molecule has 3 heteroatoms. The number of hydrogen-bond donors (Lipinski definition) is 1. The van der Waals surface area contributed by atoms with Gasteiger partial charge in [0, 0.05) is 21.4 Å². The Morgan fingerprint density at radius 1 is 0.950 bits per heavy atom. The Hall–Kier alpha value is -0.640. The molecule has 1 saturated heterocycles. The van der Waals surface area contributed by atoms with Gasteiger partial charge in [0.25, 0.3) is 0 Å². The van der Waals surface area contributed by atoms with Crippen molar-refractivity contribution in [3.8, 4) is 0 Å². The molecule has 0 aliphatic carbocycles. The average Bonchev–Trinajstić information content (AvgIpc) is 2.48. The molecule has 0 bridgehead atoms. The molecule has 0 radical (unpaired) electrons. The van der Waals surface area contributed by atoms with Gasteiger partial charge in [0.2, 0.25) is 0 Å². The van der Waals surface area contributed by atoms with E-state index in [2.05, 4.69) is 85.7 Å². The number of nitrogens with one attached hydrogen (secondary N) is 1. The van der Waals surface area contributed by atoms with E-state index >= 15 is 0 Å². The van der Waals surface area contributed by atoms with Gasteiger partial charge in [-0.1, -0.05) is 62.2 Å². The lowest BCUT2D eigenvalue weighted by Crippen LogP contribution is -2.34. The highest BCUT2D eigenvalue weighted by molar-refractivity contribution is 9.10. The maximum atomic E-state index is 3.71. The summed E-state index contributed by atoms with van der Waals surface area (Å²) in [5.41, 5.74) is 2.84. The summed E-state index contributed by atoms with van der Waals surface area (Å²) in [7, 11) is 0. The molecule has 1 aliphatic heterocycles. The van der Waals surface area contributed by atoms with Crippen LogP contribution in [0.4, 0.5) is 0 Å². The Bertz CT molecular complexity index is 597. The molecule has 1 fully saturated rings. The lowest BCUT2D eigenvalue weighted by Gasteiger charge is -2.33. The second-order valence-corrected chi connectivity index (χ2v) is 7.05. The highest BCUT2D eigenvalue weighted by atomic mass is 79.9. The van der Waals surface area contributed by atoms with E-state index in [4.69, 9.17) is 0 Å². The molecule has 1 N–H and O–H groups in total. The summed E-state index contributed by atoms with van der Waals surface area (Å²) in [5, 5.41) is 3.54. The largest absolute Gasteiger partial charge is 0.316 e. The third kappa shape index (κ3) is 3.00. The highest BCUT2D eigenvalue weighted by Gasteiger charge is 2.28. The quantitative estimate of drug-likeness (QED) is 0.749. The normalized spacial score (nSPS) is 22.7. The Morgan fingerprint density at radius 2 is 1.80 bits per heavy atom. The third-order valence-electron chi connectivity index (χ3n) is 4.06. The summed E-state index contributed by atoms with van der Waals surface area (Å²) in [4.78, 5) is 0. The van der Waals surface area contributed by atoms with Gasteiger partial charge in [-0.3, -0.25) is 0 Å². The first kappa shape index (κ1) is 14.3. The molecule has 1 aliphatic rings. The van der Waals surface area contributed by atoms with E-state index in [1.54, 1.807) is 0 Å². The summed E-state index contributed by atoms with van der Waals surface area (Å²) < 4.78 is 2.38. The summed E-state index contributed by atoms with van der Waals surface area (Å²) in [6, 6.07) is 17.3. The van der Waals surface area contributed by atoms with Crippen LogP contribution in [0.15, 0.2) is 57.5 Å². The number of rotatable bonds is 2. The van der Waals surface area contributed by atoms with E-state index in [0.29, 0.717) is 11.8 Å². The molecule has 104 valence electrons.